The molecule has 1 saturated heterocycles. The third-order valence-electron chi connectivity index (χ3n) is 3.11. The molecule has 1 rings (SSSR count). The molecule has 0 amide bonds. The fourth-order valence-electron chi connectivity index (χ4n) is 1.90. The van der Waals surface area contributed by atoms with Crippen molar-refractivity contribution in [2.75, 3.05) is 13.7 Å². The first-order chi connectivity index (χ1) is 7.00. The summed E-state index contributed by atoms with van der Waals surface area (Å²) < 4.78 is 10.5. The van der Waals surface area contributed by atoms with Gasteiger partial charge < -0.3 is 19.7 Å². The van der Waals surface area contributed by atoms with Crippen LogP contribution >= 0.6 is 0 Å². The summed E-state index contributed by atoms with van der Waals surface area (Å²) in [6.07, 6.45) is 0.396. The zero-order chi connectivity index (χ0) is 11.6. The van der Waals surface area contributed by atoms with Gasteiger partial charge in [-0.2, -0.15) is 0 Å². The summed E-state index contributed by atoms with van der Waals surface area (Å²) in [6.45, 7) is 7.28. The number of hydrogen-bond donors (Lipinski definition) is 2. The van der Waals surface area contributed by atoms with Crippen molar-refractivity contribution < 1.29 is 19.7 Å². The molecule has 1 aliphatic heterocycles. The van der Waals surface area contributed by atoms with E-state index in [4.69, 9.17) is 14.6 Å². The lowest BCUT2D eigenvalue weighted by molar-refractivity contribution is -0.0181. The molecule has 4 nitrogen and oxygen atoms in total. The number of aliphatic hydroxyl groups is 2. The summed E-state index contributed by atoms with van der Waals surface area (Å²) >= 11 is 0. The van der Waals surface area contributed by atoms with E-state index < -0.39 is 17.8 Å². The normalized spacial score (nSPS) is 35.7. The van der Waals surface area contributed by atoms with Crippen LogP contribution in [-0.4, -0.2) is 47.8 Å². The van der Waals surface area contributed by atoms with Gasteiger partial charge in [0, 0.05) is 13.0 Å². The fraction of sp³-hybridized carbons (Fsp3) is 0.818. The molecule has 0 bridgehead atoms. The van der Waals surface area contributed by atoms with Gasteiger partial charge in [0.2, 0.25) is 0 Å². The maximum absolute atomic E-state index is 9.96. The molecular formula is C11H20O4. The van der Waals surface area contributed by atoms with E-state index in [1.54, 1.807) is 6.08 Å². The van der Waals surface area contributed by atoms with Gasteiger partial charge in [0.15, 0.2) is 0 Å². The van der Waals surface area contributed by atoms with E-state index in [2.05, 4.69) is 6.58 Å². The summed E-state index contributed by atoms with van der Waals surface area (Å²) in [7, 11) is 1.53. The van der Waals surface area contributed by atoms with Gasteiger partial charge >= 0.3 is 0 Å². The quantitative estimate of drug-likeness (QED) is 0.496. The minimum absolute atomic E-state index is 0.0273. The van der Waals surface area contributed by atoms with Crippen molar-refractivity contribution in [3.8, 4) is 0 Å². The van der Waals surface area contributed by atoms with Crippen molar-refractivity contribution in [3.05, 3.63) is 12.7 Å². The summed E-state index contributed by atoms with van der Waals surface area (Å²) in [5, 5.41) is 19.0. The van der Waals surface area contributed by atoms with E-state index >= 15 is 0 Å². The molecule has 4 heteroatoms. The second kappa shape index (κ2) is 4.61. The number of epoxide rings is 1. The average molecular weight is 216 g/mol. The van der Waals surface area contributed by atoms with Crippen molar-refractivity contribution in [1.82, 2.24) is 0 Å². The highest BCUT2D eigenvalue weighted by molar-refractivity contribution is 5.05. The van der Waals surface area contributed by atoms with Crippen molar-refractivity contribution in [2.24, 2.45) is 5.92 Å². The summed E-state index contributed by atoms with van der Waals surface area (Å²) in [6, 6.07) is 0. The van der Waals surface area contributed by atoms with Crippen LogP contribution in [0.1, 0.15) is 13.8 Å². The molecule has 1 heterocycles. The Morgan fingerprint density at radius 2 is 2.27 bits per heavy atom. The fourth-order valence-corrected chi connectivity index (χ4v) is 1.90. The maximum Gasteiger partial charge on any atom is 0.115 e. The molecule has 0 unspecified atom stereocenters. The third-order valence-corrected chi connectivity index (χ3v) is 3.11. The Morgan fingerprint density at radius 3 is 2.60 bits per heavy atom. The first-order valence-electron chi connectivity index (χ1n) is 5.12. The van der Waals surface area contributed by atoms with Crippen LogP contribution < -0.4 is 0 Å². The molecule has 0 aromatic rings. The van der Waals surface area contributed by atoms with Crippen LogP contribution in [0.15, 0.2) is 12.7 Å². The third kappa shape index (κ3) is 2.39. The predicted octanol–water partition coefficient (Wildman–Crippen LogP) is 0.334. The molecule has 0 aromatic carbocycles. The van der Waals surface area contributed by atoms with Crippen LogP contribution in [0.5, 0.6) is 0 Å². The first kappa shape index (κ1) is 12.6. The lowest BCUT2D eigenvalue weighted by Gasteiger charge is -2.23. The second-order valence-corrected chi connectivity index (χ2v) is 4.29. The van der Waals surface area contributed by atoms with Gasteiger partial charge in [0.05, 0.1) is 18.8 Å². The Bertz CT molecular complexity index is 231. The monoisotopic (exact) mass is 216 g/mol. The Morgan fingerprint density at radius 1 is 1.67 bits per heavy atom. The van der Waals surface area contributed by atoms with Crippen LogP contribution in [0.4, 0.5) is 0 Å². The van der Waals surface area contributed by atoms with Crippen molar-refractivity contribution in [3.63, 3.8) is 0 Å². The Balaban J connectivity index is 2.54. The minimum atomic E-state index is -0.661. The van der Waals surface area contributed by atoms with Crippen molar-refractivity contribution >= 4 is 0 Å². The molecule has 88 valence electrons. The second-order valence-electron chi connectivity index (χ2n) is 4.29. The molecule has 1 fully saturated rings. The SMILES string of the molecule is C=C[C@H](OC)[C@@H](O)[C@H](C)[C@H]1O[C@@]1(C)CO. The topological polar surface area (TPSA) is 62.2 Å². The Hall–Kier alpha value is -0.420. The maximum atomic E-state index is 9.96. The number of aliphatic hydroxyl groups excluding tert-OH is 2. The first-order valence-corrected chi connectivity index (χ1v) is 5.12. The van der Waals surface area contributed by atoms with Gasteiger partial charge in [-0.15, -0.1) is 6.58 Å². The lowest BCUT2D eigenvalue weighted by atomic mass is 9.90. The average Bonchev–Trinajstić information content (AvgIpc) is 2.92. The van der Waals surface area contributed by atoms with E-state index in [0.29, 0.717) is 0 Å². The lowest BCUT2D eigenvalue weighted by Crippen LogP contribution is -2.37. The van der Waals surface area contributed by atoms with Gasteiger partial charge in [-0.1, -0.05) is 13.0 Å². The standard InChI is InChI=1S/C11H20O4/c1-5-8(14-4)9(13)7(2)10-11(3,6-12)15-10/h5,7-10,12-13H,1,6H2,2-4H3/t7-,8-,9-,10+,11-/m0/s1. The Kier molecular flexibility index (Phi) is 3.89. The van der Waals surface area contributed by atoms with Crippen molar-refractivity contribution in [2.45, 2.75) is 37.8 Å². The molecule has 0 radical (unpaired) electrons. The zero-order valence-electron chi connectivity index (χ0n) is 9.51. The van der Waals surface area contributed by atoms with Gasteiger partial charge in [0.25, 0.3) is 0 Å². The van der Waals surface area contributed by atoms with Crippen molar-refractivity contribution in [1.29, 1.82) is 0 Å². The molecule has 1 aliphatic rings. The molecule has 5 atom stereocenters. The molecule has 2 N–H and O–H groups in total. The number of rotatable bonds is 6. The number of methoxy groups -OCH3 is 1. The van der Waals surface area contributed by atoms with Gasteiger partial charge in [0.1, 0.15) is 11.7 Å². The van der Waals surface area contributed by atoms with Gasteiger partial charge in [-0.05, 0) is 6.92 Å². The molecule has 0 aromatic heterocycles. The molecule has 0 aliphatic carbocycles. The van der Waals surface area contributed by atoms with E-state index in [1.807, 2.05) is 13.8 Å². The van der Waals surface area contributed by atoms with E-state index in [-0.39, 0.29) is 18.6 Å². The highest BCUT2D eigenvalue weighted by Crippen LogP contribution is 2.42. The molecule has 0 spiro atoms. The largest absolute Gasteiger partial charge is 0.393 e. The van der Waals surface area contributed by atoms with Crippen LogP contribution in [0.3, 0.4) is 0 Å². The van der Waals surface area contributed by atoms with E-state index in [1.165, 1.54) is 7.11 Å². The minimum Gasteiger partial charge on any atom is -0.393 e. The Labute approximate surface area is 90.5 Å². The highest BCUT2D eigenvalue weighted by atomic mass is 16.6. The van der Waals surface area contributed by atoms with Crippen LogP contribution in [0.25, 0.3) is 0 Å². The van der Waals surface area contributed by atoms with Gasteiger partial charge in [-0.25, -0.2) is 0 Å². The van der Waals surface area contributed by atoms with Crippen LogP contribution in [0.2, 0.25) is 0 Å². The smallest absolute Gasteiger partial charge is 0.115 e. The van der Waals surface area contributed by atoms with E-state index in [0.717, 1.165) is 0 Å². The number of hydrogen-bond acceptors (Lipinski definition) is 4. The summed E-state index contributed by atoms with van der Waals surface area (Å²) in [5.74, 6) is -0.0925. The number of ether oxygens (including phenoxy) is 2. The summed E-state index contributed by atoms with van der Waals surface area (Å²) in [5.41, 5.74) is -0.500. The van der Waals surface area contributed by atoms with Gasteiger partial charge in [-0.3, -0.25) is 0 Å². The molecule has 0 saturated carbocycles. The predicted molar refractivity (Wildman–Crippen MR) is 56.5 cm³/mol. The van der Waals surface area contributed by atoms with Crippen LogP contribution in [-0.2, 0) is 9.47 Å². The highest BCUT2D eigenvalue weighted by Gasteiger charge is 2.56. The zero-order valence-corrected chi connectivity index (χ0v) is 9.51. The summed E-state index contributed by atoms with van der Waals surface area (Å²) in [4.78, 5) is 0. The van der Waals surface area contributed by atoms with E-state index in [9.17, 15) is 5.11 Å². The van der Waals surface area contributed by atoms with Crippen LogP contribution in [0, 0.1) is 5.92 Å². The molecular weight excluding hydrogens is 196 g/mol. The molecule has 15 heavy (non-hydrogen) atoms.